The summed E-state index contributed by atoms with van der Waals surface area (Å²) in [5, 5.41) is 9.49. The Labute approximate surface area is 138 Å². The van der Waals surface area contributed by atoms with Crippen LogP contribution in [0.25, 0.3) is 0 Å². The maximum atomic E-state index is 9.49. The van der Waals surface area contributed by atoms with Crippen molar-refractivity contribution < 1.29 is 9.84 Å². The standard InChI is InChI=1S/C17H28N4O2/c1-2-15-10-16(21-8-9-23-13-14(11-21)12-22)19-17(18-15)20-6-4-3-5-7-20/h10,14,22H,2-9,11-13H2,1H3. The molecule has 0 saturated carbocycles. The van der Waals surface area contributed by atoms with Crippen LogP contribution in [0.3, 0.4) is 0 Å². The molecule has 0 aromatic carbocycles. The highest BCUT2D eigenvalue weighted by Gasteiger charge is 2.22. The smallest absolute Gasteiger partial charge is 0.227 e. The van der Waals surface area contributed by atoms with Crippen LogP contribution in [0, 0.1) is 5.92 Å². The number of aliphatic hydroxyl groups is 1. The Kier molecular flexibility index (Phi) is 5.67. The highest BCUT2D eigenvalue weighted by molar-refractivity contribution is 5.46. The van der Waals surface area contributed by atoms with Gasteiger partial charge in [-0.05, 0) is 25.7 Å². The van der Waals surface area contributed by atoms with Crippen molar-refractivity contribution in [2.75, 3.05) is 55.8 Å². The summed E-state index contributed by atoms with van der Waals surface area (Å²) < 4.78 is 5.60. The van der Waals surface area contributed by atoms with Gasteiger partial charge in [0, 0.05) is 50.5 Å². The molecular formula is C17H28N4O2. The first-order valence-electron chi connectivity index (χ1n) is 8.86. The summed E-state index contributed by atoms with van der Waals surface area (Å²) in [5.74, 6) is 1.99. The Morgan fingerprint density at radius 1 is 1.17 bits per heavy atom. The third-order valence-corrected chi connectivity index (χ3v) is 4.67. The lowest BCUT2D eigenvalue weighted by Gasteiger charge is -2.29. The number of piperidine rings is 1. The number of aliphatic hydroxyl groups excluding tert-OH is 1. The molecule has 1 aromatic rings. The summed E-state index contributed by atoms with van der Waals surface area (Å²) in [7, 11) is 0. The third kappa shape index (κ3) is 4.12. The highest BCUT2D eigenvalue weighted by atomic mass is 16.5. The quantitative estimate of drug-likeness (QED) is 0.906. The Balaban J connectivity index is 1.84. The minimum Gasteiger partial charge on any atom is -0.396 e. The van der Waals surface area contributed by atoms with E-state index in [4.69, 9.17) is 14.7 Å². The Hall–Kier alpha value is -1.40. The van der Waals surface area contributed by atoms with Gasteiger partial charge in [-0.25, -0.2) is 4.98 Å². The molecule has 128 valence electrons. The van der Waals surface area contributed by atoms with Gasteiger partial charge in [0.1, 0.15) is 5.82 Å². The van der Waals surface area contributed by atoms with Gasteiger partial charge in [-0.3, -0.25) is 0 Å². The Morgan fingerprint density at radius 3 is 2.74 bits per heavy atom. The Morgan fingerprint density at radius 2 is 2.00 bits per heavy atom. The van der Waals surface area contributed by atoms with Gasteiger partial charge in [-0.1, -0.05) is 6.92 Å². The average molecular weight is 320 g/mol. The first-order chi connectivity index (χ1) is 11.3. The minimum absolute atomic E-state index is 0.149. The molecule has 0 bridgehead atoms. The molecule has 6 heteroatoms. The van der Waals surface area contributed by atoms with Crippen LogP contribution in [0.15, 0.2) is 6.07 Å². The summed E-state index contributed by atoms with van der Waals surface area (Å²) in [6, 6.07) is 2.09. The number of nitrogens with zero attached hydrogens (tertiary/aromatic N) is 4. The van der Waals surface area contributed by atoms with E-state index < -0.39 is 0 Å². The maximum absolute atomic E-state index is 9.49. The summed E-state index contributed by atoms with van der Waals surface area (Å²) in [6.45, 7) is 7.30. The van der Waals surface area contributed by atoms with Crippen molar-refractivity contribution in [2.45, 2.75) is 32.6 Å². The second kappa shape index (κ2) is 7.93. The van der Waals surface area contributed by atoms with E-state index >= 15 is 0 Å². The topological polar surface area (TPSA) is 61.7 Å². The van der Waals surface area contributed by atoms with E-state index in [1.54, 1.807) is 0 Å². The monoisotopic (exact) mass is 320 g/mol. The van der Waals surface area contributed by atoms with E-state index in [1.807, 2.05) is 0 Å². The molecule has 2 aliphatic rings. The first kappa shape index (κ1) is 16.5. The molecule has 1 aromatic heterocycles. The molecule has 1 unspecified atom stereocenters. The second-order valence-electron chi connectivity index (χ2n) is 6.49. The van der Waals surface area contributed by atoms with E-state index in [0.717, 1.165) is 50.1 Å². The number of ether oxygens (including phenoxy) is 1. The van der Waals surface area contributed by atoms with Gasteiger partial charge in [0.25, 0.3) is 0 Å². The first-order valence-corrected chi connectivity index (χ1v) is 8.86. The van der Waals surface area contributed by atoms with Crippen molar-refractivity contribution in [2.24, 2.45) is 5.92 Å². The van der Waals surface area contributed by atoms with Crippen LogP contribution in [-0.2, 0) is 11.2 Å². The summed E-state index contributed by atoms with van der Waals surface area (Å²) >= 11 is 0. The van der Waals surface area contributed by atoms with Gasteiger partial charge in [0.2, 0.25) is 5.95 Å². The van der Waals surface area contributed by atoms with Gasteiger partial charge in [-0.15, -0.1) is 0 Å². The molecule has 0 spiro atoms. The number of hydrogen-bond acceptors (Lipinski definition) is 6. The van der Waals surface area contributed by atoms with E-state index in [9.17, 15) is 5.11 Å². The number of hydrogen-bond donors (Lipinski definition) is 1. The molecule has 1 N–H and O–H groups in total. The van der Waals surface area contributed by atoms with Crippen LogP contribution >= 0.6 is 0 Å². The lowest BCUT2D eigenvalue weighted by Crippen LogP contribution is -2.34. The zero-order valence-corrected chi connectivity index (χ0v) is 14.1. The predicted octanol–water partition coefficient (Wildman–Crippen LogP) is 1.47. The molecule has 2 aliphatic heterocycles. The molecular weight excluding hydrogens is 292 g/mol. The van der Waals surface area contributed by atoms with Gasteiger partial charge in [0.05, 0.1) is 13.2 Å². The summed E-state index contributed by atoms with van der Waals surface area (Å²) in [4.78, 5) is 14.1. The van der Waals surface area contributed by atoms with E-state index in [1.165, 1.54) is 19.3 Å². The Bertz CT molecular complexity index is 505. The molecule has 3 rings (SSSR count). The van der Waals surface area contributed by atoms with E-state index in [2.05, 4.69) is 22.8 Å². The second-order valence-corrected chi connectivity index (χ2v) is 6.49. The van der Waals surface area contributed by atoms with Crippen LogP contribution in [0.4, 0.5) is 11.8 Å². The third-order valence-electron chi connectivity index (χ3n) is 4.67. The van der Waals surface area contributed by atoms with Crippen LogP contribution in [0.1, 0.15) is 31.9 Å². The number of rotatable bonds is 4. The molecule has 23 heavy (non-hydrogen) atoms. The minimum atomic E-state index is 0.149. The number of aromatic nitrogens is 2. The fraction of sp³-hybridized carbons (Fsp3) is 0.765. The van der Waals surface area contributed by atoms with Crippen molar-refractivity contribution in [3.63, 3.8) is 0 Å². The SMILES string of the molecule is CCc1cc(N2CCOCC(CO)C2)nc(N2CCCCC2)n1. The zero-order valence-electron chi connectivity index (χ0n) is 14.1. The zero-order chi connectivity index (χ0) is 16.1. The largest absolute Gasteiger partial charge is 0.396 e. The lowest BCUT2D eigenvalue weighted by molar-refractivity contribution is 0.0959. The van der Waals surface area contributed by atoms with Gasteiger partial charge in [-0.2, -0.15) is 4.98 Å². The van der Waals surface area contributed by atoms with Crippen molar-refractivity contribution in [1.29, 1.82) is 0 Å². The van der Waals surface area contributed by atoms with Gasteiger partial charge < -0.3 is 19.6 Å². The summed E-state index contributed by atoms with van der Waals surface area (Å²) in [5.41, 5.74) is 1.08. The predicted molar refractivity (Wildman–Crippen MR) is 91.1 cm³/mol. The molecule has 2 saturated heterocycles. The number of anilines is 2. The molecule has 0 amide bonds. The fourth-order valence-electron chi connectivity index (χ4n) is 3.25. The normalized spacial score (nSPS) is 23.0. The van der Waals surface area contributed by atoms with Gasteiger partial charge in [0.15, 0.2) is 0 Å². The number of aryl methyl sites for hydroxylation is 1. The van der Waals surface area contributed by atoms with Crippen molar-refractivity contribution >= 4 is 11.8 Å². The molecule has 6 nitrogen and oxygen atoms in total. The lowest BCUT2D eigenvalue weighted by atomic mass is 10.1. The molecule has 1 atom stereocenters. The van der Waals surface area contributed by atoms with Crippen molar-refractivity contribution in [3.8, 4) is 0 Å². The van der Waals surface area contributed by atoms with Gasteiger partial charge >= 0.3 is 0 Å². The van der Waals surface area contributed by atoms with Crippen LogP contribution in [-0.4, -0.2) is 61.1 Å². The molecule has 0 radical (unpaired) electrons. The van der Waals surface area contributed by atoms with Crippen LogP contribution in [0.2, 0.25) is 0 Å². The van der Waals surface area contributed by atoms with E-state index in [0.29, 0.717) is 13.2 Å². The van der Waals surface area contributed by atoms with Crippen molar-refractivity contribution in [1.82, 2.24) is 9.97 Å². The van der Waals surface area contributed by atoms with E-state index in [-0.39, 0.29) is 12.5 Å². The van der Waals surface area contributed by atoms with Crippen molar-refractivity contribution in [3.05, 3.63) is 11.8 Å². The van der Waals surface area contributed by atoms with Crippen LogP contribution in [0.5, 0.6) is 0 Å². The molecule has 0 aliphatic carbocycles. The summed E-state index contributed by atoms with van der Waals surface area (Å²) in [6.07, 6.45) is 4.65. The molecule has 2 fully saturated rings. The fourth-order valence-corrected chi connectivity index (χ4v) is 3.25. The average Bonchev–Trinajstić information content (AvgIpc) is 2.87. The highest BCUT2D eigenvalue weighted by Crippen LogP contribution is 2.22. The maximum Gasteiger partial charge on any atom is 0.227 e. The molecule has 3 heterocycles. The van der Waals surface area contributed by atoms with Crippen LogP contribution < -0.4 is 9.80 Å².